The maximum absolute atomic E-state index is 13.1. The summed E-state index contributed by atoms with van der Waals surface area (Å²) in [6.07, 6.45) is 0. The molecule has 0 aliphatic heterocycles. The molecule has 0 atom stereocenters. The van der Waals surface area contributed by atoms with Gasteiger partial charge in [-0.25, -0.2) is 4.39 Å². The van der Waals surface area contributed by atoms with Crippen molar-refractivity contribution in [2.45, 2.75) is 6.54 Å². The standard InChI is InChI=1S/C14H15BFNO2/c1-17(13-5-3-2-4-6-13)10-11-7-8-12(16)9-14(11)15(18)19/h2-9,18-19H,10H2,1H3. The van der Waals surface area contributed by atoms with Gasteiger partial charge in [-0.1, -0.05) is 24.3 Å². The van der Waals surface area contributed by atoms with Crippen molar-refractivity contribution in [2.24, 2.45) is 0 Å². The van der Waals surface area contributed by atoms with Crippen molar-refractivity contribution in [3.8, 4) is 0 Å². The van der Waals surface area contributed by atoms with Crippen molar-refractivity contribution >= 4 is 18.3 Å². The number of halogens is 1. The lowest BCUT2D eigenvalue weighted by molar-refractivity contribution is 0.425. The van der Waals surface area contributed by atoms with Crippen LogP contribution in [-0.2, 0) is 6.54 Å². The van der Waals surface area contributed by atoms with E-state index in [1.807, 2.05) is 42.3 Å². The highest BCUT2D eigenvalue weighted by atomic mass is 19.1. The fraction of sp³-hybridized carbons (Fsp3) is 0.143. The molecule has 0 fully saturated rings. The Morgan fingerprint density at radius 1 is 1.11 bits per heavy atom. The van der Waals surface area contributed by atoms with Crippen molar-refractivity contribution in [3.63, 3.8) is 0 Å². The van der Waals surface area contributed by atoms with Gasteiger partial charge in [-0.2, -0.15) is 0 Å². The van der Waals surface area contributed by atoms with Crippen LogP contribution in [0.1, 0.15) is 5.56 Å². The summed E-state index contributed by atoms with van der Waals surface area (Å²) < 4.78 is 13.1. The lowest BCUT2D eigenvalue weighted by atomic mass is 9.77. The molecule has 0 radical (unpaired) electrons. The van der Waals surface area contributed by atoms with Crippen molar-refractivity contribution in [1.29, 1.82) is 0 Å². The lowest BCUT2D eigenvalue weighted by Gasteiger charge is -2.21. The SMILES string of the molecule is CN(Cc1ccc(F)cc1B(O)O)c1ccccc1. The van der Waals surface area contributed by atoms with Gasteiger partial charge in [0, 0.05) is 19.3 Å². The van der Waals surface area contributed by atoms with Crippen molar-refractivity contribution in [3.05, 3.63) is 59.9 Å². The summed E-state index contributed by atoms with van der Waals surface area (Å²) in [4.78, 5) is 1.96. The first-order chi connectivity index (χ1) is 9.08. The maximum atomic E-state index is 13.1. The Labute approximate surface area is 112 Å². The van der Waals surface area contributed by atoms with Gasteiger partial charge >= 0.3 is 7.12 Å². The van der Waals surface area contributed by atoms with E-state index in [0.717, 1.165) is 11.8 Å². The molecule has 2 N–H and O–H groups in total. The smallest absolute Gasteiger partial charge is 0.423 e. The lowest BCUT2D eigenvalue weighted by Crippen LogP contribution is -2.35. The van der Waals surface area contributed by atoms with Crippen LogP contribution in [0.15, 0.2) is 48.5 Å². The zero-order chi connectivity index (χ0) is 13.8. The number of rotatable bonds is 4. The first-order valence-electron chi connectivity index (χ1n) is 5.98. The molecular formula is C14H15BFNO2. The molecule has 0 aliphatic carbocycles. The van der Waals surface area contributed by atoms with Gasteiger partial charge in [0.15, 0.2) is 0 Å². The summed E-state index contributed by atoms with van der Waals surface area (Å²) in [6.45, 7) is 0.469. The molecule has 0 heterocycles. The number of nitrogens with zero attached hydrogens (tertiary/aromatic N) is 1. The van der Waals surface area contributed by atoms with Crippen LogP contribution in [0.3, 0.4) is 0 Å². The molecule has 2 rings (SSSR count). The largest absolute Gasteiger partial charge is 0.488 e. The van der Waals surface area contributed by atoms with Crippen LogP contribution >= 0.6 is 0 Å². The number of hydrogen-bond donors (Lipinski definition) is 2. The third-order valence-corrected chi connectivity index (χ3v) is 2.99. The topological polar surface area (TPSA) is 43.7 Å². The first kappa shape index (κ1) is 13.6. The Kier molecular flexibility index (Phi) is 4.19. The van der Waals surface area contributed by atoms with E-state index in [1.165, 1.54) is 6.07 Å². The first-order valence-corrected chi connectivity index (χ1v) is 5.98. The fourth-order valence-corrected chi connectivity index (χ4v) is 1.98. The van der Waals surface area contributed by atoms with Crippen LogP contribution in [0.25, 0.3) is 0 Å². The monoisotopic (exact) mass is 259 g/mol. The molecule has 0 bridgehead atoms. The molecule has 98 valence electrons. The van der Waals surface area contributed by atoms with Crippen LogP contribution in [0.4, 0.5) is 10.1 Å². The van der Waals surface area contributed by atoms with Crippen LogP contribution in [0.2, 0.25) is 0 Å². The predicted octanol–water partition coefficient (Wildman–Crippen LogP) is 1.14. The summed E-state index contributed by atoms with van der Waals surface area (Å²) >= 11 is 0. The molecule has 2 aromatic carbocycles. The third kappa shape index (κ3) is 3.33. The van der Waals surface area contributed by atoms with Crippen LogP contribution in [-0.4, -0.2) is 24.2 Å². The quantitative estimate of drug-likeness (QED) is 0.809. The summed E-state index contributed by atoms with van der Waals surface area (Å²) in [5.74, 6) is -0.478. The van der Waals surface area contributed by atoms with Crippen LogP contribution in [0.5, 0.6) is 0 Å². The van der Waals surface area contributed by atoms with Gasteiger partial charge in [0.05, 0.1) is 0 Å². The van der Waals surface area contributed by atoms with Gasteiger partial charge in [0.2, 0.25) is 0 Å². The zero-order valence-corrected chi connectivity index (χ0v) is 10.6. The second kappa shape index (κ2) is 5.86. The summed E-state index contributed by atoms with van der Waals surface area (Å²) in [5, 5.41) is 18.6. The number of anilines is 1. The Bertz CT molecular complexity index is 548. The van der Waals surface area contributed by atoms with Crippen molar-refractivity contribution < 1.29 is 14.4 Å². The molecule has 0 spiro atoms. The van der Waals surface area contributed by atoms with Gasteiger partial charge in [0.1, 0.15) is 5.82 Å². The van der Waals surface area contributed by atoms with E-state index < -0.39 is 12.9 Å². The van der Waals surface area contributed by atoms with E-state index in [1.54, 1.807) is 6.07 Å². The third-order valence-electron chi connectivity index (χ3n) is 2.99. The highest BCUT2D eigenvalue weighted by molar-refractivity contribution is 6.59. The average molecular weight is 259 g/mol. The summed E-state index contributed by atoms with van der Waals surface area (Å²) in [7, 11) is 0.224. The Hall–Kier alpha value is -1.85. The zero-order valence-electron chi connectivity index (χ0n) is 10.6. The van der Waals surface area contributed by atoms with Crippen molar-refractivity contribution in [1.82, 2.24) is 0 Å². The van der Waals surface area contributed by atoms with Crippen molar-refractivity contribution in [2.75, 3.05) is 11.9 Å². The van der Waals surface area contributed by atoms with Gasteiger partial charge in [-0.05, 0) is 35.3 Å². The Morgan fingerprint density at radius 2 is 1.79 bits per heavy atom. The molecule has 0 unspecified atom stereocenters. The Balaban J connectivity index is 2.24. The Morgan fingerprint density at radius 3 is 2.42 bits per heavy atom. The summed E-state index contributed by atoms with van der Waals surface area (Å²) in [6, 6.07) is 13.7. The van der Waals surface area contributed by atoms with E-state index in [2.05, 4.69) is 0 Å². The highest BCUT2D eigenvalue weighted by Crippen LogP contribution is 2.14. The van der Waals surface area contributed by atoms with Gasteiger partial charge in [-0.15, -0.1) is 0 Å². The number of para-hydroxylation sites is 1. The minimum absolute atomic E-state index is 0.197. The molecular weight excluding hydrogens is 244 g/mol. The molecule has 0 saturated heterocycles. The van der Waals surface area contributed by atoms with E-state index in [-0.39, 0.29) is 5.46 Å². The van der Waals surface area contributed by atoms with Gasteiger partial charge < -0.3 is 14.9 Å². The molecule has 5 heteroatoms. The summed E-state index contributed by atoms with van der Waals surface area (Å²) in [5.41, 5.74) is 1.88. The minimum atomic E-state index is -1.67. The normalized spacial score (nSPS) is 10.3. The molecule has 0 saturated carbocycles. The average Bonchev–Trinajstić information content (AvgIpc) is 2.41. The number of benzene rings is 2. The van der Waals surface area contributed by atoms with Crippen LogP contribution < -0.4 is 10.4 Å². The van der Waals surface area contributed by atoms with E-state index in [0.29, 0.717) is 12.1 Å². The molecule has 0 aliphatic rings. The fourth-order valence-electron chi connectivity index (χ4n) is 1.98. The highest BCUT2D eigenvalue weighted by Gasteiger charge is 2.17. The predicted molar refractivity (Wildman–Crippen MR) is 74.8 cm³/mol. The van der Waals surface area contributed by atoms with E-state index >= 15 is 0 Å². The maximum Gasteiger partial charge on any atom is 0.488 e. The minimum Gasteiger partial charge on any atom is -0.423 e. The van der Waals surface area contributed by atoms with Crippen LogP contribution in [0, 0.1) is 5.82 Å². The molecule has 0 aromatic heterocycles. The molecule has 19 heavy (non-hydrogen) atoms. The second-order valence-electron chi connectivity index (χ2n) is 4.41. The van der Waals surface area contributed by atoms with E-state index in [9.17, 15) is 14.4 Å². The molecule has 2 aromatic rings. The van der Waals surface area contributed by atoms with E-state index in [4.69, 9.17) is 0 Å². The van der Waals surface area contributed by atoms with Gasteiger partial charge in [-0.3, -0.25) is 0 Å². The van der Waals surface area contributed by atoms with Gasteiger partial charge in [0.25, 0.3) is 0 Å². The molecule has 3 nitrogen and oxygen atoms in total. The second-order valence-corrected chi connectivity index (χ2v) is 4.41. The molecule has 0 amide bonds. The number of hydrogen-bond acceptors (Lipinski definition) is 3.